The summed E-state index contributed by atoms with van der Waals surface area (Å²) >= 11 is 5.92. The lowest BCUT2D eigenvalue weighted by molar-refractivity contribution is -0.117. The molecule has 2 N–H and O–H groups in total. The van der Waals surface area contributed by atoms with E-state index in [-0.39, 0.29) is 5.91 Å². The van der Waals surface area contributed by atoms with E-state index in [2.05, 4.69) is 38.3 Å². The minimum absolute atomic E-state index is 0.000972. The molecule has 0 aliphatic rings. The maximum Gasteiger partial charge on any atom is 0.251 e. The van der Waals surface area contributed by atoms with Crippen LogP contribution in [0.2, 0.25) is 5.02 Å². The van der Waals surface area contributed by atoms with Gasteiger partial charge in [0.15, 0.2) is 0 Å². The molecule has 0 radical (unpaired) electrons. The highest BCUT2D eigenvalue weighted by Gasteiger charge is 2.19. The Labute approximate surface area is 157 Å². The normalized spacial score (nSPS) is 13.0. The van der Waals surface area contributed by atoms with Gasteiger partial charge in [-0.15, -0.1) is 0 Å². The van der Waals surface area contributed by atoms with Crippen LogP contribution in [0.5, 0.6) is 0 Å². The van der Waals surface area contributed by atoms with E-state index in [4.69, 9.17) is 11.6 Å². The second-order valence-corrected chi connectivity index (χ2v) is 6.57. The van der Waals surface area contributed by atoms with Crippen LogP contribution >= 0.6 is 11.6 Å². The van der Waals surface area contributed by atoms with Gasteiger partial charge in [0.05, 0.1) is 0 Å². The van der Waals surface area contributed by atoms with Gasteiger partial charge in [-0.25, -0.2) is 0 Å². The average Bonchev–Trinajstić information content (AvgIpc) is 2.62. The van der Waals surface area contributed by atoms with E-state index >= 15 is 0 Å². The smallest absolute Gasteiger partial charge is 0.251 e. The Balaban J connectivity index is 3.11. The van der Waals surface area contributed by atoms with Crippen molar-refractivity contribution in [2.24, 2.45) is 0 Å². The second kappa shape index (κ2) is 11.0. The quantitative estimate of drug-likeness (QED) is 0.458. The monoisotopic (exact) mass is 362 g/mol. The Bertz CT molecular complexity index is 624. The maximum atomic E-state index is 13.0. The number of hydrogen-bond acceptors (Lipinski definition) is 2. The number of benzene rings is 1. The van der Waals surface area contributed by atoms with Gasteiger partial charge in [0.2, 0.25) is 0 Å². The number of amides is 1. The molecule has 0 spiro atoms. The molecule has 25 heavy (non-hydrogen) atoms. The summed E-state index contributed by atoms with van der Waals surface area (Å²) in [5.41, 5.74) is 5.28. The van der Waals surface area contributed by atoms with Crippen molar-refractivity contribution in [1.29, 1.82) is 0 Å². The maximum absolute atomic E-state index is 13.0. The summed E-state index contributed by atoms with van der Waals surface area (Å²) in [6.45, 7) is 8.91. The highest BCUT2D eigenvalue weighted by molar-refractivity contribution is 6.30. The Morgan fingerprint density at radius 1 is 1.08 bits per heavy atom. The fraction of sp³-hybridized carbons (Fsp3) is 0.476. The van der Waals surface area contributed by atoms with Crippen LogP contribution in [-0.4, -0.2) is 13.0 Å². The van der Waals surface area contributed by atoms with Crippen LogP contribution in [0.1, 0.15) is 58.9 Å². The number of carbonyl (C=O) groups excluding carboxylic acids is 1. The van der Waals surface area contributed by atoms with Crippen molar-refractivity contribution in [2.45, 2.75) is 59.9 Å². The van der Waals surface area contributed by atoms with Crippen LogP contribution in [0.4, 0.5) is 0 Å². The Morgan fingerprint density at radius 3 is 2.20 bits per heavy atom. The van der Waals surface area contributed by atoms with Crippen LogP contribution in [0.15, 0.2) is 46.7 Å². The third kappa shape index (κ3) is 6.24. The van der Waals surface area contributed by atoms with Crippen molar-refractivity contribution in [3.05, 3.63) is 57.3 Å². The topological polar surface area (TPSA) is 41.1 Å². The largest absolute Gasteiger partial charge is 0.391 e. The molecule has 4 heteroatoms. The number of rotatable bonds is 9. The minimum atomic E-state index is -0.000972. The zero-order valence-electron chi connectivity index (χ0n) is 16.1. The lowest BCUT2D eigenvalue weighted by atomic mass is 9.92. The summed E-state index contributed by atoms with van der Waals surface area (Å²) in [7, 11) is 1.93. The molecular weight excluding hydrogens is 332 g/mol. The number of allylic oxidation sites excluding steroid dienone is 2. The highest BCUT2D eigenvalue weighted by Crippen LogP contribution is 2.25. The number of halogens is 1. The van der Waals surface area contributed by atoms with Crippen LogP contribution in [0.25, 0.3) is 0 Å². The first-order valence-electron chi connectivity index (χ1n) is 9.10. The van der Waals surface area contributed by atoms with Crippen LogP contribution in [0, 0.1) is 0 Å². The predicted octanol–water partition coefficient (Wildman–Crippen LogP) is 5.37. The molecule has 138 valence electrons. The van der Waals surface area contributed by atoms with Crippen molar-refractivity contribution >= 4 is 17.5 Å². The molecule has 1 rings (SSSR count). The molecule has 1 aromatic rings. The number of carbonyl (C=O) groups is 1. The summed E-state index contributed by atoms with van der Waals surface area (Å²) in [5.74, 6) is -0.000972. The fourth-order valence-electron chi connectivity index (χ4n) is 2.86. The molecule has 0 aliphatic carbocycles. The first-order chi connectivity index (χ1) is 12.0. The van der Waals surface area contributed by atoms with Crippen molar-refractivity contribution in [2.75, 3.05) is 7.05 Å². The van der Waals surface area contributed by atoms with E-state index < -0.39 is 0 Å². The molecule has 0 aromatic heterocycles. The van der Waals surface area contributed by atoms with Gasteiger partial charge in [-0.3, -0.25) is 4.79 Å². The molecular formula is C21H31ClN2O. The first-order valence-corrected chi connectivity index (χ1v) is 9.48. The molecule has 0 heterocycles. The summed E-state index contributed by atoms with van der Waals surface area (Å²) in [6.07, 6.45) is 3.64. The summed E-state index contributed by atoms with van der Waals surface area (Å²) in [5, 5.41) is 7.06. The van der Waals surface area contributed by atoms with E-state index in [1.54, 1.807) is 0 Å². The van der Waals surface area contributed by atoms with Crippen molar-refractivity contribution in [1.82, 2.24) is 10.6 Å². The lowest BCUT2D eigenvalue weighted by Crippen LogP contribution is -2.27. The predicted molar refractivity (Wildman–Crippen MR) is 108 cm³/mol. The summed E-state index contributed by atoms with van der Waals surface area (Å²) < 4.78 is 0. The highest BCUT2D eigenvalue weighted by atomic mass is 35.5. The van der Waals surface area contributed by atoms with Gasteiger partial charge in [-0.2, -0.15) is 0 Å². The first kappa shape index (κ1) is 21.3. The van der Waals surface area contributed by atoms with Gasteiger partial charge in [-0.05, 0) is 49.5 Å². The number of nitrogens with one attached hydrogen (secondary N) is 2. The Kier molecular flexibility index (Phi) is 9.36. The Hall–Kier alpha value is -1.74. The van der Waals surface area contributed by atoms with Gasteiger partial charge in [0, 0.05) is 29.9 Å². The third-order valence-electron chi connectivity index (χ3n) is 4.37. The van der Waals surface area contributed by atoms with Gasteiger partial charge in [0.25, 0.3) is 5.91 Å². The standard InChI is InChI=1S/C21H31ClN2O/c1-6-9-18(19(8-3)23-5)20(15(4)7-2)21(25)24-14-16-10-12-17(22)13-11-16/h10-13,23H,6-9,14H2,1-5H3,(H,24,25)/b19-18-,20-15-. The zero-order valence-corrected chi connectivity index (χ0v) is 16.9. The Morgan fingerprint density at radius 2 is 1.72 bits per heavy atom. The van der Waals surface area contributed by atoms with Crippen LogP contribution < -0.4 is 10.6 Å². The molecule has 0 saturated carbocycles. The van der Waals surface area contributed by atoms with Gasteiger partial charge < -0.3 is 10.6 Å². The van der Waals surface area contributed by atoms with Crippen molar-refractivity contribution in [3.8, 4) is 0 Å². The van der Waals surface area contributed by atoms with Crippen molar-refractivity contribution in [3.63, 3.8) is 0 Å². The van der Waals surface area contributed by atoms with Crippen LogP contribution in [-0.2, 0) is 11.3 Å². The van der Waals surface area contributed by atoms with Crippen molar-refractivity contribution < 1.29 is 4.79 Å². The van der Waals surface area contributed by atoms with Gasteiger partial charge in [-0.1, -0.05) is 56.5 Å². The minimum Gasteiger partial charge on any atom is -0.391 e. The molecule has 0 unspecified atom stereocenters. The summed E-state index contributed by atoms with van der Waals surface area (Å²) in [4.78, 5) is 13.0. The molecule has 0 fully saturated rings. The van der Waals surface area contributed by atoms with E-state index in [0.717, 1.165) is 53.7 Å². The van der Waals surface area contributed by atoms with E-state index in [1.807, 2.05) is 31.3 Å². The molecule has 0 saturated heterocycles. The number of hydrogen-bond donors (Lipinski definition) is 2. The van der Waals surface area contributed by atoms with Crippen LogP contribution in [0.3, 0.4) is 0 Å². The lowest BCUT2D eigenvalue weighted by Gasteiger charge is -2.19. The van der Waals surface area contributed by atoms with Gasteiger partial charge >= 0.3 is 0 Å². The van der Waals surface area contributed by atoms with E-state index in [1.165, 1.54) is 0 Å². The molecule has 1 aromatic carbocycles. The molecule has 0 atom stereocenters. The molecule has 1 amide bonds. The SMILES string of the molecule is CCCC(=C(\CC)NC)/C(C(=O)NCc1ccc(Cl)cc1)=C(\C)CC. The molecule has 0 bridgehead atoms. The third-order valence-corrected chi connectivity index (χ3v) is 4.62. The average molecular weight is 363 g/mol. The van der Waals surface area contributed by atoms with E-state index in [0.29, 0.717) is 11.6 Å². The van der Waals surface area contributed by atoms with E-state index in [9.17, 15) is 4.79 Å². The molecule has 3 nitrogen and oxygen atoms in total. The fourth-order valence-corrected chi connectivity index (χ4v) is 2.98. The van der Waals surface area contributed by atoms with Gasteiger partial charge in [0.1, 0.15) is 0 Å². The second-order valence-electron chi connectivity index (χ2n) is 6.13. The summed E-state index contributed by atoms with van der Waals surface area (Å²) in [6, 6.07) is 7.56. The zero-order chi connectivity index (χ0) is 18.8. The molecule has 0 aliphatic heterocycles.